The van der Waals surface area contributed by atoms with Gasteiger partial charge in [-0.1, -0.05) is 23.7 Å². The number of ether oxygens (including phenoxy) is 1. The SMILES string of the molecule is CN(CC(=O)Nc1ccccc1Cl)C(=O)COC(=O)[C@H]1CCC(=O)N1. The third-order valence-corrected chi connectivity index (χ3v) is 3.90. The predicted octanol–water partition coefficient (Wildman–Crippen LogP) is 0.559. The summed E-state index contributed by atoms with van der Waals surface area (Å²) in [6.45, 7) is -0.719. The van der Waals surface area contributed by atoms with E-state index in [2.05, 4.69) is 10.6 Å². The zero-order valence-corrected chi connectivity index (χ0v) is 14.3. The average molecular weight is 368 g/mol. The summed E-state index contributed by atoms with van der Waals surface area (Å²) in [6, 6.07) is 6.01. The van der Waals surface area contributed by atoms with Crippen LogP contribution in [0, 0.1) is 0 Å². The summed E-state index contributed by atoms with van der Waals surface area (Å²) < 4.78 is 4.88. The molecule has 0 saturated carbocycles. The molecule has 2 rings (SSSR count). The molecule has 0 aliphatic carbocycles. The second-order valence-electron chi connectivity index (χ2n) is 5.54. The molecule has 0 aromatic heterocycles. The van der Waals surface area contributed by atoms with Gasteiger partial charge in [0.05, 0.1) is 17.3 Å². The van der Waals surface area contributed by atoms with Gasteiger partial charge < -0.3 is 20.3 Å². The van der Waals surface area contributed by atoms with Crippen LogP contribution in [0.5, 0.6) is 0 Å². The minimum Gasteiger partial charge on any atom is -0.454 e. The average Bonchev–Trinajstić information content (AvgIpc) is 3.01. The number of rotatable bonds is 6. The van der Waals surface area contributed by atoms with Crippen LogP contribution >= 0.6 is 11.6 Å². The number of para-hydroxylation sites is 1. The minimum atomic E-state index is -0.714. The van der Waals surface area contributed by atoms with Gasteiger partial charge in [0.25, 0.3) is 5.91 Å². The fourth-order valence-corrected chi connectivity index (χ4v) is 2.37. The van der Waals surface area contributed by atoms with E-state index in [0.29, 0.717) is 17.1 Å². The molecular weight excluding hydrogens is 350 g/mol. The van der Waals surface area contributed by atoms with E-state index in [4.69, 9.17) is 16.3 Å². The van der Waals surface area contributed by atoms with Crippen LogP contribution < -0.4 is 10.6 Å². The van der Waals surface area contributed by atoms with Crippen LogP contribution in [0.4, 0.5) is 5.69 Å². The zero-order chi connectivity index (χ0) is 18.4. The molecule has 0 unspecified atom stereocenters. The van der Waals surface area contributed by atoms with Crippen LogP contribution in [0.2, 0.25) is 5.02 Å². The largest absolute Gasteiger partial charge is 0.454 e. The van der Waals surface area contributed by atoms with Gasteiger partial charge in [-0.15, -0.1) is 0 Å². The molecule has 1 saturated heterocycles. The van der Waals surface area contributed by atoms with Crippen LogP contribution in [0.25, 0.3) is 0 Å². The van der Waals surface area contributed by atoms with Crippen LogP contribution in [-0.2, 0) is 23.9 Å². The summed E-state index contributed by atoms with van der Waals surface area (Å²) in [4.78, 5) is 47.8. The van der Waals surface area contributed by atoms with E-state index in [0.717, 1.165) is 4.90 Å². The Morgan fingerprint density at radius 1 is 1.36 bits per heavy atom. The Bertz CT molecular complexity index is 694. The van der Waals surface area contributed by atoms with Gasteiger partial charge in [0, 0.05) is 13.5 Å². The molecule has 0 bridgehead atoms. The summed E-state index contributed by atoms with van der Waals surface area (Å²) in [5, 5.41) is 5.43. The number of carbonyl (C=O) groups excluding carboxylic acids is 4. The van der Waals surface area contributed by atoms with Crippen molar-refractivity contribution in [1.29, 1.82) is 0 Å². The number of anilines is 1. The van der Waals surface area contributed by atoms with E-state index in [9.17, 15) is 19.2 Å². The number of benzene rings is 1. The molecule has 25 heavy (non-hydrogen) atoms. The third-order valence-electron chi connectivity index (χ3n) is 3.57. The van der Waals surface area contributed by atoms with Crippen LogP contribution in [0.1, 0.15) is 12.8 Å². The molecule has 0 spiro atoms. The van der Waals surface area contributed by atoms with Gasteiger partial charge in [0.15, 0.2) is 6.61 Å². The minimum absolute atomic E-state index is 0.220. The molecule has 1 aromatic rings. The van der Waals surface area contributed by atoms with Gasteiger partial charge in [-0.2, -0.15) is 0 Å². The molecule has 1 heterocycles. The van der Waals surface area contributed by atoms with E-state index < -0.39 is 30.4 Å². The first kappa shape index (κ1) is 18.7. The first-order valence-corrected chi connectivity index (χ1v) is 7.99. The highest BCUT2D eigenvalue weighted by molar-refractivity contribution is 6.33. The van der Waals surface area contributed by atoms with Gasteiger partial charge in [0.1, 0.15) is 6.04 Å². The van der Waals surface area contributed by atoms with Crippen molar-refractivity contribution in [3.8, 4) is 0 Å². The Morgan fingerprint density at radius 3 is 2.72 bits per heavy atom. The van der Waals surface area contributed by atoms with E-state index in [-0.39, 0.29) is 18.9 Å². The molecule has 2 N–H and O–H groups in total. The lowest BCUT2D eigenvalue weighted by atomic mass is 10.2. The number of nitrogens with zero attached hydrogens (tertiary/aromatic N) is 1. The molecular formula is C16H18ClN3O5. The summed E-state index contributed by atoms with van der Waals surface area (Å²) in [6.07, 6.45) is 0.609. The van der Waals surface area contributed by atoms with Gasteiger partial charge in [-0.25, -0.2) is 4.79 Å². The van der Waals surface area contributed by atoms with E-state index in [1.165, 1.54) is 7.05 Å². The summed E-state index contributed by atoms with van der Waals surface area (Å²) in [5.74, 6) is -1.85. The molecule has 1 aliphatic heterocycles. The van der Waals surface area contributed by atoms with Crippen molar-refractivity contribution in [2.24, 2.45) is 0 Å². The van der Waals surface area contributed by atoms with E-state index in [1.807, 2.05) is 0 Å². The van der Waals surface area contributed by atoms with Crippen LogP contribution in [0.15, 0.2) is 24.3 Å². The Balaban J connectivity index is 1.76. The molecule has 1 aromatic carbocycles. The Labute approximate surface area is 149 Å². The fourth-order valence-electron chi connectivity index (χ4n) is 2.19. The summed E-state index contributed by atoms with van der Waals surface area (Å²) in [5.41, 5.74) is 0.443. The van der Waals surface area contributed by atoms with Crippen molar-refractivity contribution in [2.45, 2.75) is 18.9 Å². The highest BCUT2D eigenvalue weighted by Gasteiger charge is 2.29. The normalized spacial score (nSPS) is 16.1. The lowest BCUT2D eigenvalue weighted by molar-refractivity contribution is -0.153. The van der Waals surface area contributed by atoms with Gasteiger partial charge in [-0.3, -0.25) is 14.4 Å². The summed E-state index contributed by atoms with van der Waals surface area (Å²) in [7, 11) is 1.42. The van der Waals surface area contributed by atoms with Crippen molar-refractivity contribution in [2.75, 3.05) is 25.5 Å². The lowest BCUT2D eigenvalue weighted by Gasteiger charge is -2.17. The number of hydrogen-bond donors (Lipinski definition) is 2. The number of esters is 1. The Hall–Kier alpha value is -2.61. The van der Waals surface area contributed by atoms with E-state index >= 15 is 0 Å². The van der Waals surface area contributed by atoms with E-state index in [1.54, 1.807) is 24.3 Å². The Morgan fingerprint density at radius 2 is 2.08 bits per heavy atom. The molecule has 1 atom stereocenters. The molecule has 9 heteroatoms. The predicted molar refractivity (Wildman–Crippen MR) is 89.8 cm³/mol. The van der Waals surface area contributed by atoms with Crippen molar-refractivity contribution in [1.82, 2.24) is 10.2 Å². The summed E-state index contributed by atoms with van der Waals surface area (Å²) >= 11 is 5.94. The number of halogens is 1. The number of hydrogen-bond acceptors (Lipinski definition) is 5. The van der Waals surface area contributed by atoms with Crippen LogP contribution in [0.3, 0.4) is 0 Å². The smallest absolute Gasteiger partial charge is 0.329 e. The topological polar surface area (TPSA) is 105 Å². The van der Waals surface area contributed by atoms with Crippen molar-refractivity contribution in [3.63, 3.8) is 0 Å². The number of carbonyl (C=O) groups is 4. The maximum absolute atomic E-state index is 11.9. The van der Waals surface area contributed by atoms with Crippen molar-refractivity contribution < 1.29 is 23.9 Å². The number of amides is 3. The van der Waals surface area contributed by atoms with Gasteiger partial charge >= 0.3 is 5.97 Å². The van der Waals surface area contributed by atoms with Gasteiger partial charge in [-0.05, 0) is 18.6 Å². The number of likely N-dealkylation sites (N-methyl/N-ethyl adjacent to an activating group) is 1. The molecule has 134 valence electrons. The van der Waals surface area contributed by atoms with Crippen molar-refractivity contribution >= 4 is 41.0 Å². The standard InChI is InChI=1S/C16H18ClN3O5/c1-20(8-14(22)18-11-5-3-2-4-10(11)17)15(23)9-25-16(24)12-6-7-13(21)19-12/h2-5,12H,6-9H2,1H3,(H,18,22)(H,19,21)/t12-/m1/s1. The number of nitrogens with one attached hydrogen (secondary N) is 2. The molecule has 1 fully saturated rings. The molecule has 8 nitrogen and oxygen atoms in total. The molecule has 0 radical (unpaired) electrons. The maximum Gasteiger partial charge on any atom is 0.329 e. The second-order valence-corrected chi connectivity index (χ2v) is 5.95. The van der Waals surface area contributed by atoms with Gasteiger partial charge in [0.2, 0.25) is 11.8 Å². The Kier molecular flexibility index (Phi) is 6.35. The van der Waals surface area contributed by atoms with Crippen LogP contribution in [-0.4, -0.2) is 54.8 Å². The maximum atomic E-state index is 11.9. The monoisotopic (exact) mass is 367 g/mol. The second kappa shape index (κ2) is 8.48. The molecule has 3 amide bonds. The fraction of sp³-hybridized carbons (Fsp3) is 0.375. The third kappa shape index (κ3) is 5.46. The highest BCUT2D eigenvalue weighted by Crippen LogP contribution is 2.20. The zero-order valence-electron chi connectivity index (χ0n) is 13.6. The first-order chi connectivity index (χ1) is 11.9. The lowest BCUT2D eigenvalue weighted by Crippen LogP contribution is -2.40. The van der Waals surface area contributed by atoms with Crippen molar-refractivity contribution in [3.05, 3.63) is 29.3 Å². The quantitative estimate of drug-likeness (QED) is 0.715. The molecule has 1 aliphatic rings. The first-order valence-electron chi connectivity index (χ1n) is 7.61. The highest BCUT2D eigenvalue weighted by atomic mass is 35.5.